The Kier molecular flexibility index (Phi) is 5.23. The van der Waals surface area contributed by atoms with Crippen molar-refractivity contribution in [1.82, 2.24) is 9.80 Å². The molecule has 0 unspecified atom stereocenters. The number of amides is 2. The highest BCUT2D eigenvalue weighted by Gasteiger charge is 2.44. The van der Waals surface area contributed by atoms with E-state index in [0.717, 1.165) is 19.4 Å². The first-order valence-corrected chi connectivity index (χ1v) is 8.54. The minimum atomic E-state index is -0.535. The Morgan fingerprint density at radius 1 is 1.26 bits per heavy atom. The number of rotatable bonds is 4. The Hall–Kier alpha value is -1.30. The van der Waals surface area contributed by atoms with Crippen LogP contribution >= 0.6 is 0 Å². The van der Waals surface area contributed by atoms with Crippen LogP contribution in [-0.4, -0.2) is 64.3 Å². The van der Waals surface area contributed by atoms with Crippen LogP contribution in [-0.2, 0) is 9.53 Å². The number of aliphatic hydroxyl groups is 1. The lowest BCUT2D eigenvalue weighted by molar-refractivity contribution is -0.140. The zero-order valence-electron chi connectivity index (χ0n) is 14.8. The fourth-order valence-corrected chi connectivity index (χ4v) is 3.16. The van der Waals surface area contributed by atoms with E-state index >= 15 is 0 Å². The predicted molar refractivity (Wildman–Crippen MR) is 87.0 cm³/mol. The maximum absolute atomic E-state index is 12.2. The summed E-state index contributed by atoms with van der Waals surface area (Å²) in [6.45, 7) is 8.79. The van der Waals surface area contributed by atoms with Gasteiger partial charge in [0.2, 0.25) is 5.91 Å². The Balaban J connectivity index is 2.00. The Morgan fingerprint density at radius 3 is 2.22 bits per heavy atom. The van der Waals surface area contributed by atoms with Gasteiger partial charge in [-0.2, -0.15) is 0 Å². The number of carbonyl (C=O) groups excluding carboxylic acids is 2. The lowest BCUT2D eigenvalue weighted by Gasteiger charge is -2.47. The maximum atomic E-state index is 12.2. The van der Waals surface area contributed by atoms with Gasteiger partial charge in [-0.25, -0.2) is 4.79 Å². The molecule has 2 amide bonds. The average Bonchev–Trinajstić information content (AvgIpc) is 3.27. The third-order valence-electron chi connectivity index (χ3n) is 4.73. The molecule has 1 aliphatic carbocycles. The van der Waals surface area contributed by atoms with Crippen molar-refractivity contribution >= 4 is 12.0 Å². The van der Waals surface area contributed by atoms with Crippen molar-refractivity contribution in [3.63, 3.8) is 0 Å². The first kappa shape index (κ1) is 18.0. The Labute approximate surface area is 138 Å². The molecule has 6 heteroatoms. The summed E-state index contributed by atoms with van der Waals surface area (Å²) in [4.78, 5) is 27.8. The molecule has 1 saturated carbocycles. The molecule has 0 bridgehead atoms. The van der Waals surface area contributed by atoms with Crippen molar-refractivity contribution in [2.45, 2.75) is 64.5 Å². The number of nitrogens with zero attached hydrogens (tertiary/aromatic N) is 2. The second kappa shape index (κ2) is 6.67. The first-order chi connectivity index (χ1) is 10.7. The van der Waals surface area contributed by atoms with E-state index in [0.29, 0.717) is 31.8 Å². The molecule has 2 rings (SSSR count). The lowest BCUT2D eigenvalue weighted by atomic mass is 9.86. The van der Waals surface area contributed by atoms with E-state index in [4.69, 9.17) is 4.74 Å². The summed E-state index contributed by atoms with van der Waals surface area (Å²) >= 11 is 0. The minimum absolute atomic E-state index is 0.0108. The van der Waals surface area contributed by atoms with Gasteiger partial charge in [-0.3, -0.25) is 4.79 Å². The van der Waals surface area contributed by atoms with Gasteiger partial charge in [0, 0.05) is 26.6 Å². The monoisotopic (exact) mass is 326 g/mol. The molecule has 0 aromatic carbocycles. The highest BCUT2D eigenvalue weighted by atomic mass is 16.6. The number of likely N-dealkylation sites (tertiary alicyclic amines) is 1. The summed E-state index contributed by atoms with van der Waals surface area (Å²) in [5.74, 6) is 0.586. The van der Waals surface area contributed by atoms with E-state index in [1.165, 1.54) is 0 Å². The highest BCUT2D eigenvalue weighted by Crippen LogP contribution is 2.36. The smallest absolute Gasteiger partial charge is 0.410 e. The molecular formula is C17H30N2O4. The number of hydrogen-bond acceptors (Lipinski definition) is 4. The van der Waals surface area contributed by atoms with E-state index < -0.39 is 11.1 Å². The summed E-state index contributed by atoms with van der Waals surface area (Å²) in [5, 5.41) is 9.98. The van der Waals surface area contributed by atoms with E-state index in [1.807, 2.05) is 25.7 Å². The number of piperidine rings is 1. The van der Waals surface area contributed by atoms with Gasteiger partial charge in [0.05, 0.1) is 12.1 Å². The number of hydrogen-bond donors (Lipinski definition) is 1. The fraction of sp³-hybridized carbons (Fsp3) is 0.882. The standard InChI is InChI=1S/C17H30N2O4/c1-13(21)19(11-14-5-6-14)17(12-20)7-9-18(10-8-17)15(22)23-16(2,3)4/h14,20H,5-12H2,1-4H3. The van der Waals surface area contributed by atoms with E-state index in [2.05, 4.69) is 0 Å². The van der Waals surface area contributed by atoms with Crippen LogP contribution in [0.1, 0.15) is 53.4 Å². The molecule has 132 valence electrons. The van der Waals surface area contributed by atoms with Gasteiger partial charge in [0.25, 0.3) is 0 Å². The Bertz CT molecular complexity index is 446. The third kappa shape index (κ3) is 4.59. The number of aliphatic hydroxyl groups excluding tert-OH is 1. The molecule has 0 aromatic rings. The minimum Gasteiger partial charge on any atom is -0.444 e. The van der Waals surface area contributed by atoms with Crippen molar-refractivity contribution in [2.24, 2.45) is 5.92 Å². The topological polar surface area (TPSA) is 70.1 Å². The molecule has 1 heterocycles. The highest BCUT2D eigenvalue weighted by molar-refractivity contribution is 5.74. The molecule has 2 fully saturated rings. The second-order valence-corrected chi connectivity index (χ2v) is 7.92. The van der Waals surface area contributed by atoms with Crippen LogP contribution in [0.2, 0.25) is 0 Å². The maximum Gasteiger partial charge on any atom is 0.410 e. The van der Waals surface area contributed by atoms with E-state index in [9.17, 15) is 14.7 Å². The van der Waals surface area contributed by atoms with E-state index in [-0.39, 0.29) is 18.6 Å². The fourth-order valence-electron chi connectivity index (χ4n) is 3.16. The van der Waals surface area contributed by atoms with Gasteiger partial charge in [-0.1, -0.05) is 0 Å². The molecule has 0 atom stereocenters. The Morgan fingerprint density at radius 2 is 1.83 bits per heavy atom. The molecule has 2 aliphatic rings. The van der Waals surface area contributed by atoms with Gasteiger partial charge < -0.3 is 19.6 Å². The average molecular weight is 326 g/mol. The number of carbonyl (C=O) groups is 2. The van der Waals surface area contributed by atoms with Crippen molar-refractivity contribution in [3.8, 4) is 0 Å². The molecule has 1 aliphatic heterocycles. The van der Waals surface area contributed by atoms with Crippen LogP contribution in [0.5, 0.6) is 0 Å². The van der Waals surface area contributed by atoms with Gasteiger partial charge >= 0.3 is 6.09 Å². The largest absolute Gasteiger partial charge is 0.444 e. The van der Waals surface area contributed by atoms with Gasteiger partial charge in [-0.15, -0.1) is 0 Å². The zero-order chi connectivity index (χ0) is 17.3. The van der Waals surface area contributed by atoms with E-state index in [1.54, 1.807) is 11.8 Å². The predicted octanol–water partition coefficient (Wildman–Crippen LogP) is 2.01. The molecule has 0 spiro atoms. The summed E-state index contributed by atoms with van der Waals surface area (Å²) in [6, 6.07) is 0. The quantitative estimate of drug-likeness (QED) is 0.858. The molecule has 1 N–H and O–H groups in total. The summed E-state index contributed by atoms with van der Waals surface area (Å²) < 4.78 is 5.41. The molecule has 1 saturated heterocycles. The van der Waals surface area contributed by atoms with Crippen LogP contribution in [0.4, 0.5) is 4.79 Å². The molecule has 6 nitrogen and oxygen atoms in total. The SMILES string of the molecule is CC(=O)N(CC1CC1)C1(CO)CCN(C(=O)OC(C)(C)C)CC1. The number of ether oxygens (including phenoxy) is 1. The summed E-state index contributed by atoms with van der Waals surface area (Å²) in [7, 11) is 0. The molecular weight excluding hydrogens is 296 g/mol. The molecule has 23 heavy (non-hydrogen) atoms. The molecule has 0 aromatic heterocycles. The normalized spacial score (nSPS) is 21.0. The van der Waals surface area contributed by atoms with Crippen LogP contribution in [0.3, 0.4) is 0 Å². The van der Waals surface area contributed by atoms with Crippen molar-refractivity contribution in [2.75, 3.05) is 26.2 Å². The van der Waals surface area contributed by atoms with Crippen molar-refractivity contribution in [1.29, 1.82) is 0 Å². The van der Waals surface area contributed by atoms with Crippen LogP contribution in [0.15, 0.2) is 0 Å². The summed E-state index contributed by atoms with van der Waals surface area (Å²) in [6.07, 6.45) is 3.19. The third-order valence-corrected chi connectivity index (χ3v) is 4.73. The van der Waals surface area contributed by atoms with Gasteiger partial charge in [-0.05, 0) is 52.4 Å². The van der Waals surface area contributed by atoms with Crippen molar-refractivity contribution < 1.29 is 19.4 Å². The lowest BCUT2D eigenvalue weighted by Crippen LogP contribution is -2.60. The van der Waals surface area contributed by atoms with Crippen molar-refractivity contribution in [3.05, 3.63) is 0 Å². The second-order valence-electron chi connectivity index (χ2n) is 7.92. The first-order valence-electron chi connectivity index (χ1n) is 8.54. The van der Waals surface area contributed by atoms with Gasteiger partial charge in [0.1, 0.15) is 5.60 Å². The van der Waals surface area contributed by atoms with Crippen LogP contribution in [0.25, 0.3) is 0 Å². The van der Waals surface area contributed by atoms with Crippen LogP contribution in [0, 0.1) is 5.92 Å². The summed E-state index contributed by atoms with van der Waals surface area (Å²) in [5.41, 5.74) is -1.05. The van der Waals surface area contributed by atoms with Crippen LogP contribution < -0.4 is 0 Å². The zero-order valence-corrected chi connectivity index (χ0v) is 14.8. The van der Waals surface area contributed by atoms with Gasteiger partial charge in [0.15, 0.2) is 0 Å². The molecule has 0 radical (unpaired) electrons.